The van der Waals surface area contributed by atoms with E-state index in [1.54, 1.807) is 19.1 Å². The SMILES string of the molecule is COCCN(C(=O)N(CC(=O)O)CC(C)C)C(C)COC. The minimum atomic E-state index is -1.02. The van der Waals surface area contributed by atoms with Crippen molar-refractivity contribution < 1.29 is 24.2 Å². The number of carbonyl (C=O) groups excluding carboxylic acids is 1. The van der Waals surface area contributed by atoms with Crippen molar-refractivity contribution in [1.29, 1.82) is 0 Å². The molecular weight excluding hydrogens is 276 g/mol. The maximum absolute atomic E-state index is 12.6. The topological polar surface area (TPSA) is 79.3 Å². The number of carboxylic acids is 1. The number of hydrogen-bond acceptors (Lipinski definition) is 4. The van der Waals surface area contributed by atoms with Crippen molar-refractivity contribution in [3.05, 3.63) is 0 Å². The monoisotopic (exact) mass is 304 g/mol. The molecule has 0 aromatic rings. The van der Waals surface area contributed by atoms with Crippen LogP contribution < -0.4 is 0 Å². The zero-order valence-corrected chi connectivity index (χ0v) is 13.7. The highest BCUT2D eigenvalue weighted by molar-refractivity contribution is 5.80. The lowest BCUT2D eigenvalue weighted by Gasteiger charge is -2.34. The second kappa shape index (κ2) is 10.4. The number of carboxylic acid groups (broad SMARTS) is 1. The number of urea groups is 1. The fourth-order valence-corrected chi connectivity index (χ4v) is 2.02. The van der Waals surface area contributed by atoms with Gasteiger partial charge in [-0.1, -0.05) is 13.8 Å². The highest BCUT2D eigenvalue weighted by Gasteiger charge is 2.26. The smallest absolute Gasteiger partial charge is 0.323 e. The summed E-state index contributed by atoms with van der Waals surface area (Å²) < 4.78 is 10.1. The van der Waals surface area contributed by atoms with Crippen molar-refractivity contribution >= 4 is 12.0 Å². The van der Waals surface area contributed by atoms with Gasteiger partial charge in [0, 0.05) is 27.3 Å². The van der Waals surface area contributed by atoms with Gasteiger partial charge in [-0.05, 0) is 12.8 Å². The molecule has 0 spiro atoms. The molecule has 0 aliphatic rings. The largest absolute Gasteiger partial charge is 0.480 e. The minimum absolute atomic E-state index is 0.152. The lowest BCUT2D eigenvalue weighted by molar-refractivity contribution is -0.137. The third kappa shape index (κ3) is 7.87. The Kier molecular flexibility index (Phi) is 9.73. The summed E-state index contributed by atoms with van der Waals surface area (Å²) in [6, 6.07) is -0.450. The first-order valence-electron chi connectivity index (χ1n) is 7.08. The standard InChI is InChI=1S/C14H28N2O5/c1-11(2)8-15(9-13(17)18)14(19)16(6-7-20-4)12(3)10-21-5/h11-12H,6-10H2,1-5H3,(H,17,18). The number of ether oxygens (including phenoxy) is 2. The molecule has 0 bridgehead atoms. The van der Waals surface area contributed by atoms with Crippen LogP contribution in [0.4, 0.5) is 4.79 Å². The van der Waals surface area contributed by atoms with Crippen molar-refractivity contribution in [2.24, 2.45) is 5.92 Å². The molecule has 7 nitrogen and oxygen atoms in total. The molecule has 0 saturated heterocycles. The quantitative estimate of drug-likeness (QED) is 0.654. The van der Waals surface area contributed by atoms with Gasteiger partial charge >= 0.3 is 12.0 Å². The number of methoxy groups -OCH3 is 2. The van der Waals surface area contributed by atoms with Crippen LogP contribution in [0, 0.1) is 5.92 Å². The van der Waals surface area contributed by atoms with Crippen LogP contribution >= 0.6 is 0 Å². The average molecular weight is 304 g/mol. The van der Waals surface area contributed by atoms with Crippen LogP contribution in [0.3, 0.4) is 0 Å². The zero-order chi connectivity index (χ0) is 16.4. The van der Waals surface area contributed by atoms with Gasteiger partial charge in [0.25, 0.3) is 0 Å². The molecule has 124 valence electrons. The summed E-state index contributed by atoms with van der Waals surface area (Å²) >= 11 is 0. The minimum Gasteiger partial charge on any atom is -0.480 e. The Morgan fingerprint density at radius 1 is 1.14 bits per heavy atom. The van der Waals surface area contributed by atoms with Gasteiger partial charge in [-0.2, -0.15) is 0 Å². The average Bonchev–Trinajstić information content (AvgIpc) is 2.37. The Balaban J connectivity index is 5.01. The molecule has 1 N–H and O–H groups in total. The van der Waals surface area contributed by atoms with Crippen LogP contribution in [-0.4, -0.2) is 80.0 Å². The molecule has 21 heavy (non-hydrogen) atoms. The highest BCUT2D eigenvalue weighted by Crippen LogP contribution is 2.08. The number of carbonyl (C=O) groups is 2. The van der Waals surface area contributed by atoms with E-state index >= 15 is 0 Å². The number of nitrogens with zero attached hydrogens (tertiary/aromatic N) is 2. The summed E-state index contributed by atoms with van der Waals surface area (Å²) in [5.41, 5.74) is 0. The Bertz CT molecular complexity index is 322. The summed E-state index contributed by atoms with van der Waals surface area (Å²) in [5, 5.41) is 8.98. The first-order valence-corrected chi connectivity index (χ1v) is 7.08. The second-order valence-corrected chi connectivity index (χ2v) is 5.44. The van der Waals surface area contributed by atoms with Crippen molar-refractivity contribution in [2.45, 2.75) is 26.8 Å². The third-order valence-corrected chi connectivity index (χ3v) is 2.90. The molecule has 0 aromatic heterocycles. The van der Waals surface area contributed by atoms with Crippen molar-refractivity contribution in [2.75, 3.05) is 47.1 Å². The molecule has 0 saturated carbocycles. The molecule has 0 fully saturated rings. The molecule has 0 aliphatic carbocycles. The molecule has 2 amide bonds. The summed E-state index contributed by atoms with van der Waals surface area (Å²) in [7, 11) is 3.13. The molecule has 0 heterocycles. The van der Waals surface area contributed by atoms with E-state index in [1.165, 1.54) is 4.90 Å². The molecule has 1 unspecified atom stereocenters. The van der Waals surface area contributed by atoms with Crippen molar-refractivity contribution in [1.82, 2.24) is 9.80 Å². The number of amides is 2. The molecule has 0 aliphatic heterocycles. The van der Waals surface area contributed by atoms with Gasteiger partial charge in [0.15, 0.2) is 0 Å². The maximum atomic E-state index is 12.6. The van der Waals surface area contributed by atoms with E-state index in [4.69, 9.17) is 14.6 Å². The lowest BCUT2D eigenvalue weighted by Crippen LogP contribution is -2.52. The van der Waals surface area contributed by atoms with Gasteiger partial charge in [0.1, 0.15) is 6.54 Å². The molecule has 0 rings (SSSR count). The number of rotatable bonds is 10. The van der Waals surface area contributed by atoms with E-state index in [9.17, 15) is 9.59 Å². The summed E-state index contributed by atoms with van der Waals surface area (Å²) in [5.74, 6) is -0.828. The fourth-order valence-electron chi connectivity index (χ4n) is 2.02. The number of aliphatic carboxylic acids is 1. The Morgan fingerprint density at radius 2 is 1.76 bits per heavy atom. The van der Waals surface area contributed by atoms with Gasteiger partial charge < -0.3 is 24.4 Å². The zero-order valence-electron chi connectivity index (χ0n) is 13.7. The van der Waals surface area contributed by atoms with E-state index in [2.05, 4.69) is 0 Å². The lowest BCUT2D eigenvalue weighted by atomic mass is 10.2. The first kappa shape index (κ1) is 19.7. The Labute approximate surface area is 126 Å². The van der Waals surface area contributed by atoms with Crippen LogP contribution in [-0.2, 0) is 14.3 Å². The summed E-state index contributed by atoms with van der Waals surface area (Å²) in [4.78, 5) is 26.5. The summed E-state index contributed by atoms with van der Waals surface area (Å²) in [6.45, 7) is 7.02. The molecule has 0 radical (unpaired) electrons. The Hall–Kier alpha value is -1.34. The van der Waals surface area contributed by atoms with Crippen molar-refractivity contribution in [3.63, 3.8) is 0 Å². The van der Waals surface area contributed by atoms with Gasteiger partial charge in [-0.25, -0.2) is 4.79 Å². The van der Waals surface area contributed by atoms with Crippen LogP contribution in [0.1, 0.15) is 20.8 Å². The van der Waals surface area contributed by atoms with Gasteiger partial charge in [0.2, 0.25) is 0 Å². The van der Waals surface area contributed by atoms with Crippen LogP contribution in [0.5, 0.6) is 0 Å². The second-order valence-electron chi connectivity index (χ2n) is 5.44. The predicted molar refractivity (Wildman–Crippen MR) is 79.4 cm³/mol. The van der Waals surface area contributed by atoms with Crippen LogP contribution in [0.2, 0.25) is 0 Å². The van der Waals surface area contributed by atoms with E-state index in [-0.39, 0.29) is 24.5 Å². The van der Waals surface area contributed by atoms with Crippen molar-refractivity contribution in [3.8, 4) is 0 Å². The van der Waals surface area contributed by atoms with Gasteiger partial charge in [-0.15, -0.1) is 0 Å². The van der Waals surface area contributed by atoms with Crippen LogP contribution in [0.15, 0.2) is 0 Å². The molecule has 7 heteroatoms. The van der Waals surface area contributed by atoms with Crippen LogP contribution in [0.25, 0.3) is 0 Å². The molecule has 1 atom stereocenters. The highest BCUT2D eigenvalue weighted by atomic mass is 16.5. The van der Waals surface area contributed by atoms with Gasteiger partial charge in [-0.3, -0.25) is 4.79 Å². The Morgan fingerprint density at radius 3 is 2.19 bits per heavy atom. The molecule has 0 aromatic carbocycles. The summed E-state index contributed by atoms with van der Waals surface area (Å²) in [6.07, 6.45) is 0. The maximum Gasteiger partial charge on any atom is 0.323 e. The molecular formula is C14H28N2O5. The normalized spacial score (nSPS) is 12.3. The third-order valence-electron chi connectivity index (χ3n) is 2.90. The first-order chi connectivity index (χ1) is 9.83. The predicted octanol–water partition coefficient (Wildman–Crippen LogP) is 1.13. The van der Waals surface area contributed by atoms with E-state index in [0.717, 1.165) is 0 Å². The number of hydrogen-bond donors (Lipinski definition) is 1. The van der Waals surface area contributed by atoms with Gasteiger partial charge in [0.05, 0.1) is 19.3 Å². The van der Waals surface area contributed by atoms with E-state index in [1.807, 2.05) is 20.8 Å². The fraction of sp³-hybridized carbons (Fsp3) is 0.857. The van der Waals surface area contributed by atoms with E-state index in [0.29, 0.717) is 26.3 Å². The van der Waals surface area contributed by atoms with E-state index < -0.39 is 5.97 Å².